The van der Waals surface area contributed by atoms with Crippen LogP contribution in [0.2, 0.25) is 0 Å². The summed E-state index contributed by atoms with van der Waals surface area (Å²) in [5.74, 6) is -0.303. The maximum Gasteiger partial charge on any atom is 0.243 e. The number of carbonyl (C=O) groups excluding carboxylic acids is 2. The Kier molecular flexibility index (Phi) is 6.95. The number of piperidine rings is 1. The summed E-state index contributed by atoms with van der Waals surface area (Å²) in [6.07, 6.45) is 3.37. The topological polar surface area (TPSA) is 86.8 Å². The first-order valence-corrected chi connectivity index (χ1v) is 11.9. The molecule has 1 aromatic rings. The van der Waals surface area contributed by atoms with Crippen molar-refractivity contribution in [3.8, 4) is 0 Å². The largest absolute Gasteiger partial charge is 0.354 e. The molecule has 0 saturated carbocycles. The van der Waals surface area contributed by atoms with Gasteiger partial charge in [0.1, 0.15) is 6.04 Å². The van der Waals surface area contributed by atoms with Crippen molar-refractivity contribution in [1.82, 2.24) is 14.5 Å². The van der Waals surface area contributed by atoms with Gasteiger partial charge in [0, 0.05) is 32.1 Å². The Morgan fingerprint density at radius 2 is 1.72 bits per heavy atom. The standard InChI is InChI=1S/C21H31N3O4S/c1-3-12-22-20(25)19-5-4-13-24(19)21(26)17-10-14-23(15-11-17)29(27,28)18-8-6-16(2)7-9-18/h6-9,17,19H,3-5,10-15H2,1-2H3,(H,22,25)/t19-/m0/s1. The zero-order valence-corrected chi connectivity index (χ0v) is 18.1. The molecular weight excluding hydrogens is 390 g/mol. The fourth-order valence-electron chi connectivity index (χ4n) is 4.11. The normalized spacial score (nSPS) is 21.3. The summed E-state index contributed by atoms with van der Waals surface area (Å²) in [6.45, 7) is 5.79. The maximum absolute atomic E-state index is 13.0. The average Bonchev–Trinajstić information content (AvgIpc) is 3.22. The number of benzene rings is 1. The molecule has 2 heterocycles. The highest BCUT2D eigenvalue weighted by Gasteiger charge is 2.39. The molecule has 0 spiro atoms. The third-order valence-electron chi connectivity index (χ3n) is 5.85. The van der Waals surface area contributed by atoms with E-state index in [2.05, 4.69) is 5.32 Å². The minimum Gasteiger partial charge on any atom is -0.354 e. The van der Waals surface area contributed by atoms with Gasteiger partial charge in [-0.05, 0) is 51.2 Å². The second-order valence-corrected chi connectivity index (χ2v) is 9.91. The van der Waals surface area contributed by atoms with Gasteiger partial charge in [0.15, 0.2) is 0 Å². The lowest BCUT2D eigenvalue weighted by Crippen LogP contribution is -2.50. The molecule has 29 heavy (non-hydrogen) atoms. The third-order valence-corrected chi connectivity index (χ3v) is 7.76. The van der Waals surface area contributed by atoms with Crippen LogP contribution in [0.1, 0.15) is 44.6 Å². The van der Waals surface area contributed by atoms with Crippen LogP contribution in [0.3, 0.4) is 0 Å². The number of hydrogen-bond donors (Lipinski definition) is 1. The summed E-state index contributed by atoms with van der Waals surface area (Å²) in [6, 6.07) is 6.46. The Morgan fingerprint density at radius 3 is 2.34 bits per heavy atom. The smallest absolute Gasteiger partial charge is 0.243 e. The van der Waals surface area contributed by atoms with Crippen LogP contribution in [0.5, 0.6) is 0 Å². The highest BCUT2D eigenvalue weighted by atomic mass is 32.2. The Labute approximate surface area is 173 Å². The van der Waals surface area contributed by atoms with E-state index in [9.17, 15) is 18.0 Å². The number of carbonyl (C=O) groups is 2. The highest BCUT2D eigenvalue weighted by molar-refractivity contribution is 7.89. The predicted octanol–water partition coefficient (Wildman–Crippen LogP) is 1.91. The third kappa shape index (κ3) is 4.80. The van der Waals surface area contributed by atoms with Crippen LogP contribution in [0.4, 0.5) is 0 Å². The molecule has 2 amide bonds. The number of sulfonamides is 1. The first-order valence-electron chi connectivity index (χ1n) is 10.5. The quantitative estimate of drug-likeness (QED) is 0.760. The van der Waals surface area contributed by atoms with Crippen LogP contribution in [0, 0.1) is 12.8 Å². The van der Waals surface area contributed by atoms with Crippen LogP contribution >= 0.6 is 0 Å². The van der Waals surface area contributed by atoms with E-state index in [0.717, 1.165) is 18.4 Å². The van der Waals surface area contributed by atoms with Gasteiger partial charge in [-0.15, -0.1) is 0 Å². The lowest BCUT2D eigenvalue weighted by molar-refractivity contribution is -0.142. The second kappa shape index (κ2) is 9.26. The van der Waals surface area contributed by atoms with Crippen molar-refractivity contribution in [2.75, 3.05) is 26.2 Å². The van der Waals surface area contributed by atoms with Gasteiger partial charge in [0.25, 0.3) is 0 Å². The van der Waals surface area contributed by atoms with Crippen molar-refractivity contribution >= 4 is 21.8 Å². The zero-order chi connectivity index (χ0) is 21.0. The maximum atomic E-state index is 13.0. The number of nitrogens with one attached hydrogen (secondary N) is 1. The van der Waals surface area contributed by atoms with E-state index in [4.69, 9.17) is 0 Å². The van der Waals surface area contributed by atoms with E-state index in [1.54, 1.807) is 29.2 Å². The molecule has 2 fully saturated rings. The fourth-order valence-corrected chi connectivity index (χ4v) is 5.58. The van der Waals surface area contributed by atoms with Gasteiger partial charge in [-0.1, -0.05) is 24.6 Å². The van der Waals surface area contributed by atoms with Crippen LogP contribution < -0.4 is 5.32 Å². The lowest BCUT2D eigenvalue weighted by Gasteiger charge is -2.34. The number of aryl methyl sites for hydroxylation is 1. The van der Waals surface area contributed by atoms with Gasteiger partial charge in [-0.2, -0.15) is 4.31 Å². The number of likely N-dealkylation sites (tertiary alicyclic amines) is 1. The molecular formula is C21H31N3O4S. The number of hydrogen-bond acceptors (Lipinski definition) is 4. The van der Waals surface area contributed by atoms with Crippen molar-refractivity contribution in [3.05, 3.63) is 29.8 Å². The van der Waals surface area contributed by atoms with Crippen molar-refractivity contribution in [2.45, 2.75) is 56.9 Å². The molecule has 1 atom stereocenters. The molecule has 3 rings (SSSR count). The minimum absolute atomic E-state index is 0.00784. The van der Waals surface area contributed by atoms with Gasteiger partial charge in [0.2, 0.25) is 21.8 Å². The van der Waals surface area contributed by atoms with Crippen molar-refractivity contribution < 1.29 is 18.0 Å². The molecule has 2 aliphatic rings. The molecule has 160 valence electrons. The molecule has 0 aliphatic carbocycles. The van der Waals surface area contributed by atoms with E-state index in [1.165, 1.54) is 4.31 Å². The number of rotatable bonds is 6. The van der Waals surface area contributed by atoms with E-state index in [-0.39, 0.29) is 23.8 Å². The summed E-state index contributed by atoms with van der Waals surface area (Å²) in [7, 11) is -3.54. The first kappa shape index (κ1) is 21.8. The van der Waals surface area contributed by atoms with E-state index >= 15 is 0 Å². The lowest BCUT2D eigenvalue weighted by atomic mass is 9.96. The Morgan fingerprint density at radius 1 is 1.07 bits per heavy atom. The van der Waals surface area contributed by atoms with Crippen LogP contribution in [-0.4, -0.2) is 61.7 Å². The van der Waals surface area contributed by atoms with Crippen molar-refractivity contribution in [1.29, 1.82) is 0 Å². The van der Waals surface area contributed by atoms with E-state index in [1.807, 2.05) is 13.8 Å². The Hall–Kier alpha value is -1.93. The second-order valence-electron chi connectivity index (χ2n) is 7.97. The van der Waals surface area contributed by atoms with Gasteiger partial charge < -0.3 is 10.2 Å². The zero-order valence-electron chi connectivity index (χ0n) is 17.3. The number of amides is 2. The molecule has 8 heteroatoms. The van der Waals surface area contributed by atoms with E-state index < -0.39 is 10.0 Å². The monoisotopic (exact) mass is 421 g/mol. The molecule has 0 radical (unpaired) electrons. The Bertz CT molecular complexity index is 830. The molecule has 2 aliphatic heterocycles. The molecule has 1 N–H and O–H groups in total. The summed E-state index contributed by atoms with van der Waals surface area (Å²) in [5.41, 5.74) is 1.01. The van der Waals surface area contributed by atoms with Gasteiger partial charge in [-0.25, -0.2) is 8.42 Å². The fraction of sp³-hybridized carbons (Fsp3) is 0.619. The molecule has 2 saturated heterocycles. The molecule has 7 nitrogen and oxygen atoms in total. The summed E-state index contributed by atoms with van der Waals surface area (Å²) >= 11 is 0. The van der Waals surface area contributed by atoms with Crippen LogP contribution in [-0.2, 0) is 19.6 Å². The molecule has 0 bridgehead atoms. The predicted molar refractivity (Wildman–Crippen MR) is 111 cm³/mol. The SMILES string of the molecule is CCCNC(=O)[C@@H]1CCCN1C(=O)C1CCN(S(=O)(=O)c2ccc(C)cc2)CC1. The van der Waals surface area contributed by atoms with Gasteiger partial charge >= 0.3 is 0 Å². The van der Waals surface area contributed by atoms with Crippen molar-refractivity contribution in [2.24, 2.45) is 5.92 Å². The van der Waals surface area contributed by atoms with Crippen LogP contribution in [0.15, 0.2) is 29.2 Å². The summed E-state index contributed by atoms with van der Waals surface area (Å²) in [4.78, 5) is 27.4. The average molecular weight is 422 g/mol. The van der Waals surface area contributed by atoms with Crippen molar-refractivity contribution in [3.63, 3.8) is 0 Å². The Balaban J connectivity index is 1.60. The van der Waals surface area contributed by atoms with Gasteiger partial charge in [0.05, 0.1) is 4.90 Å². The minimum atomic E-state index is -3.54. The highest BCUT2D eigenvalue weighted by Crippen LogP contribution is 2.28. The van der Waals surface area contributed by atoms with Crippen LogP contribution in [0.25, 0.3) is 0 Å². The first-order chi connectivity index (χ1) is 13.8. The number of nitrogens with zero attached hydrogens (tertiary/aromatic N) is 2. The van der Waals surface area contributed by atoms with Gasteiger partial charge in [-0.3, -0.25) is 9.59 Å². The summed E-state index contributed by atoms with van der Waals surface area (Å²) < 4.78 is 27.2. The molecule has 0 aromatic heterocycles. The molecule has 0 unspecified atom stereocenters. The summed E-state index contributed by atoms with van der Waals surface area (Å²) in [5, 5.41) is 2.89. The molecule has 1 aromatic carbocycles. The van der Waals surface area contributed by atoms with E-state index in [0.29, 0.717) is 50.3 Å².